The van der Waals surface area contributed by atoms with Crippen molar-refractivity contribution >= 4 is 0 Å². The summed E-state index contributed by atoms with van der Waals surface area (Å²) in [6.07, 6.45) is 3.22. The lowest BCUT2D eigenvalue weighted by molar-refractivity contribution is 0.387. The molecule has 0 saturated heterocycles. The lowest BCUT2D eigenvalue weighted by Gasteiger charge is -2.15. The van der Waals surface area contributed by atoms with Gasteiger partial charge in [-0.25, -0.2) is 18.0 Å². The molecule has 0 spiro atoms. The number of hydrogen-bond acceptors (Lipinski definition) is 7. The van der Waals surface area contributed by atoms with E-state index in [1.807, 2.05) is 30.3 Å². The van der Waals surface area contributed by atoms with Crippen LogP contribution in [0.15, 0.2) is 82.5 Å². The molecule has 0 fully saturated rings. The molecule has 10 nitrogen and oxygen atoms in total. The number of hydrogen-bond donors (Lipinski definition) is 2. The largest absolute Gasteiger partial charge is 0.494 e. The van der Waals surface area contributed by atoms with Crippen LogP contribution >= 0.6 is 0 Å². The quantitative estimate of drug-likeness (QED) is 0.253. The molecule has 3 aromatic carbocycles. The van der Waals surface area contributed by atoms with E-state index in [0.717, 1.165) is 51.7 Å². The number of aromatic nitrogens is 6. The molecule has 2 aromatic heterocycles. The minimum atomic E-state index is -0.831. The van der Waals surface area contributed by atoms with Crippen molar-refractivity contribution in [2.45, 2.75) is 32.4 Å². The van der Waals surface area contributed by atoms with Crippen LogP contribution in [0.4, 0.5) is 13.2 Å². The van der Waals surface area contributed by atoms with Gasteiger partial charge in [-0.05, 0) is 43.1 Å². The van der Waals surface area contributed by atoms with Crippen LogP contribution < -0.4 is 21.7 Å². The highest BCUT2D eigenvalue weighted by Crippen LogP contribution is 2.27. The molecular weight excluding hydrogens is 563 g/mol. The molecule has 0 unspecified atom stereocenters. The zero-order chi connectivity index (χ0) is 30.8. The zero-order valence-corrected chi connectivity index (χ0v) is 23.3. The molecule has 0 bridgehead atoms. The summed E-state index contributed by atoms with van der Waals surface area (Å²) in [5.41, 5.74) is 4.14. The molecule has 0 aliphatic heterocycles. The van der Waals surface area contributed by atoms with E-state index in [0.29, 0.717) is 13.0 Å². The third-order valence-corrected chi connectivity index (χ3v) is 6.56. The van der Waals surface area contributed by atoms with Crippen molar-refractivity contribution in [2.24, 2.45) is 5.73 Å². The number of rotatable bonds is 10. The molecule has 43 heavy (non-hydrogen) atoms. The molecule has 0 atom stereocenters. The van der Waals surface area contributed by atoms with Crippen molar-refractivity contribution in [3.8, 4) is 16.9 Å². The summed E-state index contributed by atoms with van der Waals surface area (Å²) in [7, 11) is 1.29. The second kappa shape index (κ2) is 14.7. The fourth-order valence-corrected chi connectivity index (χ4v) is 4.31. The number of H-pyrrole nitrogens is 1. The number of nitrogens with two attached hydrogens (primary N) is 1. The number of nitrogens with one attached hydrogen (secondary N) is 1. The second-order valence-corrected chi connectivity index (χ2v) is 9.39. The van der Waals surface area contributed by atoms with Crippen molar-refractivity contribution in [3.63, 3.8) is 0 Å². The first-order chi connectivity index (χ1) is 20.8. The zero-order valence-electron chi connectivity index (χ0n) is 23.3. The molecule has 3 N–H and O–H groups in total. The van der Waals surface area contributed by atoms with Gasteiger partial charge in [-0.3, -0.25) is 13.9 Å². The maximum atomic E-state index is 15.0. The summed E-state index contributed by atoms with van der Waals surface area (Å²) in [5.74, 6) is -1.78. The van der Waals surface area contributed by atoms with E-state index in [2.05, 4.69) is 20.6 Å². The predicted molar refractivity (Wildman–Crippen MR) is 154 cm³/mol. The van der Waals surface area contributed by atoms with Gasteiger partial charge in [0.2, 0.25) is 0 Å². The summed E-state index contributed by atoms with van der Waals surface area (Å²) < 4.78 is 50.6. The first-order valence-corrected chi connectivity index (χ1v) is 13.4. The van der Waals surface area contributed by atoms with Gasteiger partial charge in [0.05, 0.1) is 19.2 Å². The monoisotopic (exact) mass is 593 g/mol. The van der Waals surface area contributed by atoms with Gasteiger partial charge < -0.3 is 10.5 Å². The Hall–Kier alpha value is -5.04. The molecule has 0 aliphatic rings. The van der Waals surface area contributed by atoms with Gasteiger partial charge in [-0.15, -0.1) is 10.2 Å². The Bertz CT molecular complexity index is 1740. The fourth-order valence-electron chi connectivity index (χ4n) is 4.31. The first kappa shape index (κ1) is 30.9. The number of aryl methyl sites for hydroxylation is 2. The number of tetrazole rings is 1. The third kappa shape index (κ3) is 7.63. The molecule has 0 aliphatic carbocycles. The van der Waals surface area contributed by atoms with Crippen LogP contribution in [0.5, 0.6) is 5.75 Å². The van der Waals surface area contributed by atoms with Crippen molar-refractivity contribution in [1.82, 2.24) is 29.8 Å². The van der Waals surface area contributed by atoms with Crippen LogP contribution in [0, 0.1) is 17.5 Å². The summed E-state index contributed by atoms with van der Waals surface area (Å²) in [5, 5.41) is 13.3. The van der Waals surface area contributed by atoms with E-state index in [1.165, 1.54) is 31.4 Å². The number of halogens is 3. The SMILES string of the molecule is COc1cccc(-c2cn(Cc3c(F)cccc3F)c(=O)n(CCc3ccccc3)c2=O)c1F.NCCCc1nn[nH]n1. The summed E-state index contributed by atoms with van der Waals surface area (Å²) in [6.45, 7) is 0.205. The van der Waals surface area contributed by atoms with Gasteiger partial charge in [-0.1, -0.05) is 53.7 Å². The molecule has 0 radical (unpaired) electrons. The third-order valence-electron chi connectivity index (χ3n) is 6.56. The molecule has 2 heterocycles. The Morgan fingerprint density at radius 1 is 0.907 bits per heavy atom. The average molecular weight is 594 g/mol. The van der Waals surface area contributed by atoms with E-state index in [9.17, 15) is 18.4 Å². The van der Waals surface area contributed by atoms with Gasteiger partial charge >= 0.3 is 5.69 Å². The van der Waals surface area contributed by atoms with Crippen LogP contribution in [0.25, 0.3) is 11.1 Å². The fraction of sp³-hybridized carbons (Fsp3) is 0.233. The predicted octanol–water partition coefficient (Wildman–Crippen LogP) is 3.48. The maximum absolute atomic E-state index is 15.0. The van der Waals surface area contributed by atoms with E-state index in [-0.39, 0.29) is 29.0 Å². The highest BCUT2D eigenvalue weighted by atomic mass is 19.1. The normalized spacial score (nSPS) is 10.7. The van der Waals surface area contributed by atoms with Gasteiger partial charge in [0.25, 0.3) is 5.56 Å². The van der Waals surface area contributed by atoms with Crippen LogP contribution in [-0.4, -0.2) is 43.4 Å². The minimum Gasteiger partial charge on any atom is -0.494 e. The molecular formula is C30H30F3N7O3. The highest BCUT2D eigenvalue weighted by Gasteiger charge is 2.20. The Morgan fingerprint density at radius 3 is 2.28 bits per heavy atom. The van der Waals surface area contributed by atoms with E-state index in [4.69, 9.17) is 10.5 Å². The topological polar surface area (TPSA) is 134 Å². The van der Waals surface area contributed by atoms with E-state index < -0.39 is 35.2 Å². The summed E-state index contributed by atoms with van der Waals surface area (Å²) >= 11 is 0. The van der Waals surface area contributed by atoms with Gasteiger partial charge in [0, 0.05) is 30.3 Å². The number of aromatic amines is 1. The Kier molecular flexibility index (Phi) is 10.6. The van der Waals surface area contributed by atoms with Crippen molar-refractivity contribution < 1.29 is 17.9 Å². The second-order valence-electron chi connectivity index (χ2n) is 9.39. The van der Waals surface area contributed by atoms with Crippen LogP contribution in [-0.2, 0) is 25.9 Å². The Morgan fingerprint density at radius 2 is 1.63 bits per heavy atom. The summed E-state index contributed by atoms with van der Waals surface area (Å²) in [6, 6.07) is 16.9. The number of ether oxygens (including phenoxy) is 1. The Balaban J connectivity index is 0.000000403. The molecule has 5 aromatic rings. The standard InChI is InChI=1S/C26H21F3N2O3.C4H9N5/c1-34-23-12-5-9-18(24(23)29)19-15-30(16-20-21(27)10-6-11-22(20)28)26(33)31(25(19)32)14-13-17-7-3-2-4-8-17;5-3-1-2-4-6-8-9-7-4/h2-12,15H,13-14,16H2,1H3;1-3,5H2,(H,6,7,8,9). The molecule has 224 valence electrons. The van der Waals surface area contributed by atoms with Crippen molar-refractivity contribution in [2.75, 3.05) is 13.7 Å². The lowest BCUT2D eigenvalue weighted by Crippen LogP contribution is -2.41. The average Bonchev–Trinajstić information content (AvgIpc) is 3.54. The van der Waals surface area contributed by atoms with Gasteiger partial charge in [-0.2, -0.15) is 5.21 Å². The minimum absolute atomic E-state index is 0.000855. The van der Waals surface area contributed by atoms with Crippen LogP contribution in [0.1, 0.15) is 23.4 Å². The van der Waals surface area contributed by atoms with E-state index >= 15 is 4.39 Å². The number of nitrogens with zero attached hydrogens (tertiary/aromatic N) is 5. The molecule has 5 rings (SSSR count). The van der Waals surface area contributed by atoms with Crippen molar-refractivity contribution in [1.29, 1.82) is 0 Å². The highest BCUT2D eigenvalue weighted by molar-refractivity contribution is 5.64. The van der Waals surface area contributed by atoms with Crippen molar-refractivity contribution in [3.05, 3.63) is 128 Å². The van der Waals surface area contributed by atoms with Gasteiger partial charge in [0.15, 0.2) is 17.4 Å². The first-order valence-electron chi connectivity index (χ1n) is 13.4. The van der Waals surface area contributed by atoms with Crippen LogP contribution in [0.3, 0.4) is 0 Å². The number of methoxy groups -OCH3 is 1. The summed E-state index contributed by atoms with van der Waals surface area (Å²) in [4.78, 5) is 26.5. The molecule has 0 amide bonds. The lowest BCUT2D eigenvalue weighted by atomic mass is 10.1. The Labute approximate surface area is 244 Å². The number of benzene rings is 3. The van der Waals surface area contributed by atoms with E-state index in [1.54, 1.807) is 0 Å². The molecule has 13 heteroatoms. The molecule has 0 saturated carbocycles. The smallest absolute Gasteiger partial charge is 0.331 e. The maximum Gasteiger partial charge on any atom is 0.331 e. The van der Waals surface area contributed by atoms with Gasteiger partial charge in [0.1, 0.15) is 11.6 Å². The van der Waals surface area contributed by atoms with Crippen LogP contribution in [0.2, 0.25) is 0 Å².